The van der Waals surface area contributed by atoms with Gasteiger partial charge in [-0.2, -0.15) is 0 Å². The monoisotopic (exact) mass is 436 g/mol. The van der Waals surface area contributed by atoms with E-state index in [2.05, 4.69) is 136 Å². The third-order valence-corrected chi connectivity index (χ3v) is 6.94. The van der Waals surface area contributed by atoms with Gasteiger partial charge in [-0.3, -0.25) is 0 Å². The molecule has 0 N–H and O–H groups in total. The van der Waals surface area contributed by atoms with Gasteiger partial charge in [0.25, 0.3) is 0 Å². The second-order valence-corrected chi connectivity index (χ2v) is 10.2. The first kappa shape index (κ1) is 20.7. The zero-order chi connectivity index (χ0) is 23.3. The highest BCUT2D eigenvalue weighted by atomic mass is 14.3. The lowest BCUT2D eigenvalue weighted by molar-refractivity contribution is 0.601. The first-order valence-electron chi connectivity index (χ1n) is 12.0. The Morgan fingerprint density at radius 3 is 1.82 bits per heavy atom. The Labute approximate surface area is 201 Å². The van der Waals surface area contributed by atoms with E-state index >= 15 is 0 Å². The van der Waals surface area contributed by atoms with Crippen LogP contribution in [0.5, 0.6) is 0 Å². The third kappa shape index (κ3) is 3.30. The third-order valence-electron chi connectivity index (χ3n) is 6.94. The van der Waals surface area contributed by atoms with Crippen molar-refractivity contribution in [1.82, 2.24) is 0 Å². The lowest BCUT2D eigenvalue weighted by atomic mass is 9.77. The molecular weight excluding hydrogens is 408 g/mol. The zero-order valence-electron chi connectivity index (χ0n) is 20.0. The van der Waals surface area contributed by atoms with E-state index in [0.717, 1.165) is 0 Å². The minimum atomic E-state index is 0.00442. The Hall–Kier alpha value is -3.90. The van der Waals surface area contributed by atoms with Gasteiger partial charge in [0.15, 0.2) is 0 Å². The molecule has 34 heavy (non-hydrogen) atoms. The van der Waals surface area contributed by atoms with E-state index < -0.39 is 0 Å². The molecule has 0 nitrogen and oxygen atoms in total. The van der Waals surface area contributed by atoms with Gasteiger partial charge in [0.1, 0.15) is 0 Å². The summed E-state index contributed by atoms with van der Waals surface area (Å²) in [7, 11) is 0. The highest BCUT2D eigenvalue weighted by Gasteiger charge is 2.24. The maximum atomic E-state index is 2.41. The van der Waals surface area contributed by atoms with Gasteiger partial charge in [-0.25, -0.2) is 0 Å². The average Bonchev–Trinajstić information content (AvgIpc) is 2.86. The van der Waals surface area contributed by atoms with Gasteiger partial charge < -0.3 is 0 Å². The smallest absolute Gasteiger partial charge is 0.00204 e. The lowest BCUT2D eigenvalue weighted by Gasteiger charge is -2.27. The number of hydrogen-bond acceptors (Lipinski definition) is 0. The van der Waals surface area contributed by atoms with E-state index in [-0.39, 0.29) is 5.41 Å². The molecule has 0 saturated heterocycles. The van der Waals surface area contributed by atoms with Crippen molar-refractivity contribution >= 4 is 32.3 Å². The Morgan fingerprint density at radius 2 is 1.06 bits per heavy atom. The summed E-state index contributed by atoms with van der Waals surface area (Å²) in [6.45, 7) is 7.00. The minimum absolute atomic E-state index is 0.00442. The first-order valence-corrected chi connectivity index (χ1v) is 12.0. The molecule has 0 aliphatic heterocycles. The normalized spacial score (nSPS) is 12.0. The summed E-state index contributed by atoms with van der Waals surface area (Å²) in [5.74, 6) is 0. The van der Waals surface area contributed by atoms with Gasteiger partial charge in [0.05, 0.1) is 0 Å². The van der Waals surface area contributed by atoms with Crippen molar-refractivity contribution < 1.29 is 0 Å². The van der Waals surface area contributed by atoms with E-state index in [0.29, 0.717) is 0 Å². The molecule has 0 saturated carbocycles. The summed E-state index contributed by atoms with van der Waals surface area (Å²) in [5, 5.41) is 7.90. The highest BCUT2D eigenvalue weighted by Crippen LogP contribution is 2.46. The number of benzene rings is 6. The molecule has 0 fully saturated rings. The van der Waals surface area contributed by atoms with Crippen molar-refractivity contribution in [2.75, 3.05) is 0 Å². The SMILES string of the molecule is CC(C)(C)c1c2ccccc2c(-c2cccc3ccccc23)c2ccc(-c3ccccc3)cc12. The molecule has 0 aliphatic rings. The van der Waals surface area contributed by atoms with Crippen LogP contribution in [0.4, 0.5) is 0 Å². The van der Waals surface area contributed by atoms with Crippen LogP contribution in [0.1, 0.15) is 26.3 Å². The van der Waals surface area contributed by atoms with Crippen molar-refractivity contribution in [3.8, 4) is 22.3 Å². The minimum Gasteiger partial charge on any atom is -0.0622 e. The van der Waals surface area contributed by atoms with Crippen LogP contribution in [0, 0.1) is 0 Å². The van der Waals surface area contributed by atoms with Crippen LogP contribution >= 0.6 is 0 Å². The van der Waals surface area contributed by atoms with Gasteiger partial charge in [-0.1, -0.05) is 130 Å². The summed E-state index contributed by atoms with van der Waals surface area (Å²) < 4.78 is 0. The van der Waals surface area contributed by atoms with Gasteiger partial charge >= 0.3 is 0 Å². The molecule has 0 heteroatoms. The molecule has 0 amide bonds. The Kier molecular flexibility index (Phi) is 4.78. The fraction of sp³-hybridized carbons (Fsp3) is 0.118. The van der Waals surface area contributed by atoms with Crippen molar-refractivity contribution in [2.24, 2.45) is 0 Å². The molecule has 0 heterocycles. The van der Waals surface area contributed by atoms with Crippen LogP contribution in [0.15, 0.2) is 115 Å². The summed E-state index contributed by atoms with van der Waals surface area (Å²) in [6.07, 6.45) is 0. The van der Waals surface area contributed by atoms with Crippen molar-refractivity contribution in [2.45, 2.75) is 26.2 Å². The van der Waals surface area contributed by atoms with E-state index in [1.807, 2.05) is 0 Å². The summed E-state index contributed by atoms with van der Waals surface area (Å²) in [4.78, 5) is 0. The quantitative estimate of drug-likeness (QED) is 0.237. The Balaban J connectivity index is 1.82. The fourth-order valence-electron chi connectivity index (χ4n) is 5.53. The van der Waals surface area contributed by atoms with Crippen LogP contribution in [0.25, 0.3) is 54.6 Å². The first-order chi connectivity index (χ1) is 16.5. The standard InChI is InChI=1S/C34H28/c1-34(2,3)33-30-18-10-9-17-28(30)32(27-19-11-15-24-14-7-8-16-26(24)27)29-21-20-25(22-31(29)33)23-12-5-4-6-13-23/h4-22H,1-3H3. The Morgan fingerprint density at radius 1 is 0.441 bits per heavy atom. The second-order valence-electron chi connectivity index (χ2n) is 10.2. The van der Waals surface area contributed by atoms with Crippen LogP contribution < -0.4 is 0 Å². The number of fused-ring (bicyclic) bond motifs is 3. The van der Waals surface area contributed by atoms with E-state index in [1.165, 1.54) is 60.1 Å². The van der Waals surface area contributed by atoms with E-state index in [4.69, 9.17) is 0 Å². The van der Waals surface area contributed by atoms with E-state index in [9.17, 15) is 0 Å². The molecule has 0 aromatic heterocycles. The van der Waals surface area contributed by atoms with Crippen molar-refractivity contribution in [3.05, 3.63) is 121 Å². The maximum absolute atomic E-state index is 2.41. The molecule has 164 valence electrons. The molecule has 0 unspecified atom stereocenters. The summed E-state index contributed by atoms with van der Waals surface area (Å²) in [5.41, 5.74) is 6.56. The molecule has 6 aromatic rings. The predicted molar refractivity (Wildman–Crippen MR) is 149 cm³/mol. The van der Waals surface area contributed by atoms with Crippen molar-refractivity contribution in [3.63, 3.8) is 0 Å². The molecule has 6 aromatic carbocycles. The van der Waals surface area contributed by atoms with Crippen molar-refractivity contribution in [1.29, 1.82) is 0 Å². The molecule has 6 rings (SSSR count). The Bertz CT molecular complexity index is 1660. The number of hydrogen-bond donors (Lipinski definition) is 0. The average molecular weight is 437 g/mol. The fourth-order valence-corrected chi connectivity index (χ4v) is 5.53. The largest absolute Gasteiger partial charge is 0.0622 e. The lowest BCUT2D eigenvalue weighted by Crippen LogP contribution is -2.13. The second kappa shape index (κ2) is 7.85. The van der Waals surface area contributed by atoms with E-state index in [1.54, 1.807) is 0 Å². The molecule has 0 spiro atoms. The molecule has 0 aliphatic carbocycles. The van der Waals surface area contributed by atoms with Crippen LogP contribution in [-0.4, -0.2) is 0 Å². The number of rotatable bonds is 2. The molecular formula is C34H28. The van der Waals surface area contributed by atoms with Gasteiger partial charge in [0.2, 0.25) is 0 Å². The van der Waals surface area contributed by atoms with Gasteiger partial charge in [0, 0.05) is 0 Å². The summed E-state index contributed by atoms with van der Waals surface area (Å²) in [6, 6.07) is 42.1. The van der Waals surface area contributed by atoms with Crippen LogP contribution in [0.3, 0.4) is 0 Å². The summed E-state index contributed by atoms with van der Waals surface area (Å²) >= 11 is 0. The van der Waals surface area contributed by atoms with Gasteiger partial charge in [-0.05, 0) is 71.6 Å². The van der Waals surface area contributed by atoms with Gasteiger partial charge in [-0.15, -0.1) is 0 Å². The molecule has 0 atom stereocenters. The molecule has 0 bridgehead atoms. The topological polar surface area (TPSA) is 0 Å². The van der Waals surface area contributed by atoms with Crippen LogP contribution in [0.2, 0.25) is 0 Å². The predicted octanol–water partition coefficient (Wildman–Crippen LogP) is 9.78. The zero-order valence-corrected chi connectivity index (χ0v) is 20.0. The molecule has 0 radical (unpaired) electrons. The highest BCUT2D eigenvalue weighted by molar-refractivity contribution is 6.19. The maximum Gasteiger partial charge on any atom is -0.00204 e. The van der Waals surface area contributed by atoms with Crippen LogP contribution in [-0.2, 0) is 5.41 Å².